The molecule has 1 heterocycles. The number of imidazole rings is 1. The van der Waals surface area contributed by atoms with Crippen LogP contribution in [0.1, 0.15) is 23.2 Å². The van der Waals surface area contributed by atoms with Gasteiger partial charge in [-0.3, -0.25) is 4.79 Å². The molecule has 0 aliphatic rings. The van der Waals surface area contributed by atoms with Crippen LogP contribution in [0.5, 0.6) is 0 Å². The number of carbonyl (C=O) groups is 1. The Kier molecular flexibility index (Phi) is 3.09. The van der Waals surface area contributed by atoms with Gasteiger partial charge in [-0.2, -0.15) is 0 Å². The van der Waals surface area contributed by atoms with Crippen molar-refractivity contribution in [2.24, 2.45) is 0 Å². The molecule has 0 aliphatic carbocycles. The summed E-state index contributed by atoms with van der Waals surface area (Å²) in [7, 11) is 0. The summed E-state index contributed by atoms with van der Waals surface area (Å²) in [6, 6.07) is 0. The van der Waals surface area contributed by atoms with Crippen molar-refractivity contribution in [2.45, 2.75) is 13.3 Å². The topological polar surface area (TPSA) is 57.8 Å². The van der Waals surface area contributed by atoms with Crippen molar-refractivity contribution in [1.82, 2.24) is 15.3 Å². The van der Waals surface area contributed by atoms with Crippen molar-refractivity contribution in [3.05, 3.63) is 17.7 Å². The molecule has 0 saturated heterocycles. The van der Waals surface area contributed by atoms with Crippen LogP contribution in [0.3, 0.4) is 0 Å². The number of aromatic nitrogens is 2. The summed E-state index contributed by atoms with van der Waals surface area (Å²) in [6.07, 6.45) is 7.28. The SMILES string of the molecule is C#CCNC(=O)c1cnc(CC)[nH]1. The van der Waals surface area contributed by atoms with E-state index in [0.29, 0.717) is 5.69 Å². The van der Waals surface area contributed by atoms with Crippen LogP contribution >= 0.6 is 0 Å². The minimum Gasteiger partial charge on any atom is -0.340 e. The maximum atomic E-state index is 11.3. The van der Waals surface area contributed by atoms with Gasteiger partial charge in [0.25, 0.3) is 5.91 Å². The van der Waals surface area contributed by atoms with Crippen LogP contribution < -0.4 is 5.32 Å². The van der Waals surface area contributed by atoms with Crippen molar-refractivity contribution >= 4 is 5.91 Å². The van der Waals surface area contributed by atoms with Gasteiger partial charge in [0.15, 0.2) is 0 Å². The van der Waals surface area contributed by atoms with E-state index < -0.39 is 0 Å². The molecule has 4 nitrogen and oxygen atoms in total. The van der Waals surface area contributed by atoms with E-state index in [9.17, 15) is 4.79 Å². The van der Waals surface area contributed by atoms with Crippen molar-refractivity contribution < 1.29 is 4.79 Å². The molecule has 0 radical (unpaired) electrons. The number of hydrogen-bond donors (Lipinski definition) is 2. The van der Waals surface area contributed by atoms with Crippen LogP contribution in [0.2, 0.25) is 0 Å². The fourth-order valence-corrected chi connectivity index (χ4v) is 0.884. The van der Waals surface area contributed by atoms with E-state index >= 15 is 0 Å². The summed E-state index contributed by atoms with van der Waals surface area (Å²) in [5.41, 5.74) is 0.451. The van der Waals surface area contributed by atoms with Gasteiger partial charge in [0, 0.05) is 6.42 Å². The molecule has 0 atom stereocenters. The first-order valence-corrected chi connectivity index (χ1v) is 4.03. The zero-order chi connectivity index (χ0) is 9.68. The predicted octanol–water partition coefficient (Wildman–Crippen LogP) is 0.335. The van der Waals surface area contributed by atoms with Gasteiger partial charge < -0.3 is 10.3 Å². The lowest BCUT2D eigenvalue weighted by Crippen LogP contribution is -2.23. The Balaban J connectivity index is 2.62. The first kappa shape index (κ1) is 9.33. The molecular weight excluding hydrogens is 166 g/mol. The maximum absolute atomic E-state index is 11.3. The molecule has 0 spiro atoms. The zero-order valence-electron chi connectivity index (χ0n) is 7.42. The molecule has 0 unspecified atom stereocenters. The van der Waals surface area contributed by atoms with E-state index in [-0.39, 0.29) is 12.5 Å². The minimum absolute atomic E-state index is 0.217. The molecule has 0 fully saturated rings. The highest BCUT2D eigenvalue weighted by molar-refractivity contribution is 5.92. The Morgan fingerprint density at radius 3 is 3.15 bits per heavy atom. The molecular formula is C9H11N3O. The molecule has 0 bridgehead atoms. The number of amides is 1. The first-order chi connectivity index (χ1) is 6.27. The average Bonchev–Trinajstić information content (AvgIpc) is 2.62. The van der Waals surface area contributed by atoms with E-state index in [0.717, 1.165) is 12.2 Å². The first-order valence-electron chi connectivity index (χ1n) is 4.03. The third-order valence-corrected chi connectivity index (χ3v) is 1.56. The predicted molar refractivity (Wildman–Crippen MR) is 49.1 cm³/mol. The van der Waals surface area contributed by atoms with Crippen LogP contribution in [0.4, 0.5) is 0 Å². The number of hydrogen-bond acceptors (Lipinski definition) is 2. The maximum Gasteiger partial charge on any atom is 0.270 e. The third-order valence-electron chi connectivity index (χ3n) is 1.56. The number of aromatic amines is 1. The van der Waals surface area contributed by atoms with E-state index in [1.54, 1.807) is 0 Å². The molecule has 1 rings (SSSR count). The highest BCUT2D eigenvalue weighted by Crippen LogP contribution is 1.96. The molecule has 4 heteroatoms. The van der Waals surface area contributed by atoms with Gasteiger partial charge in [-0.05, 0) is 0 Å². The van der Waals surface area contributed by atoms with Gasteiger partial charge in [0.05, 0.1) is 12.7 Å². The van der Waals surface area contributed by atoms with Gasteiger partial charge in [0.2, 0.25) is 0 Å². The van der Waals surface area contributed by atoms with Crippen molar-refractivity contribution in [3.63, 3.8) is 0 Å². The minimum atomic E-state index is -0.217. The Hall–Kier alpha value is -1.76. The van der Waals surface area contributed by atoms with Crippen LogP contribution in [-0.2, 0) is 6.42 Å². The van der Waals surface area contributed by atoms with Crippen molar-refractivity contribution in [1.29, 1.82) is 0 Å². The van der Waals surface area contributed by atoms with E-state index in [2.05, 4.69) is 21.2 Å². The lowest BCUT2D eigenvalue weighted by atomic mass is 10.4. The second kappa shape index (κ2) is 4.31. The molecule has 0 aliphatic heterocycles. The quantitative estimate of drug-likeness (QED) is 0.654. The lowest BCUT2D eigenvalue weighted by Gasteiger charge is -1.96. The summed E-state index contributed by atoms with van der Waals surface area (Å²) in [5, 5.41) is 2.54. The molecule has 68 valence electrons. The molecule has 1 amide bonds. The van der Waals surface area contributed by atoms with Crippen LogP contribution in [0, 0.1) is 12.3 Å². The van der Waals surface area contributed by atoms with Crippen LogP contribution in [-0.4, -0.2) is 22.4 Å². The van der Waals surface area contributed by atoms with Crippen LogP contribution in [0.15, 0.2) is 6.20 Å². The Morgan fingerprint density at radius 1 is 1.85 bits per heavy atom. The van der Waals surface area contributed by atoms with E-state index in [4.69, 9.17) is 6.42 Å². The highest BCUT2D eigenvalue weighted by Gasteiger charge is 2.06. The molecule has 2 N–H and O–H groups in total. The van der Waals surface area contributed by atoms with Crippen molar-refractivity contribution in [2.75, 3.05) is 6.54 Å². The number of nitrogens with one attached hydrogen (secondary N) is 2. The normalized spacial score (nSPS) is 9.23. The average molecular weight is 177 g/mol. The molecule has 1 aromatic heterocycles. The monoisotopic (exact) mass is 177 g/mol. The standard InChI is InChI=1S/C9H11N3O/c1-3-5-10-9(13)7-6-11-8(4-2)12-7/h1,6H,4-5H2,2H3,(H,10,13)(H,11,12). The Morgan fingerprint density at radius 2 is 2.62 bits per heavy atom. The number of H-pyrrole nitrogens is 1. The van der Waals surface area contributed by atoms with Crippen LogP contribution in [0.25, 0.3) is 0 Å². The van der Waals surface area contributed by atoms with Gasteiger partial charge in [-0.15, -0.1) is 6.42 Å². The lowest BCUT2D eigenvalue weighted by molar-refractivity contribution is 0.0954. The van der Waals surface area contributed by atoms with Crippen molar-refractivity contribution in [3.8, 4) is 12.3 Å². The summed E-state index contributed by atoms with van der Waals surface area (Å²) < 4.78 is 0. The summed E-state index contributed by atoms with van der Waals surface area (Å²) in [5.74, 6) is 2.90. The summed E-state index contributed by atoms with van der Waals surface area (Å²) >= 11 is 0. The van der Waals surface area contributed by atoms with Gasteiger partial charge in [-0.1, -0.05) is 12.8 Å². The zero-order valence-corrected chi connectivity index (χ0v) is 7.42. The Labute approximate surface area is 76.8 Å². The van der Waals surface area contributed by atoms with Gasteiger partial charge in [-0.25, -0.2) is 4.98 Å². The fourth-order valence-electron chi connectivity index (χ4n) is 0.884. The smallest absolute Gasteiger partial charge is 0.270 e. The van der Waals surface area contributed by atoms with Gasteiger partial charge in [0.1, 0.15) is 11.5 Å². The molecule has 0 aromatic carbocycles. The Bertz CT molecular complexity index is 335. The molecule has 1 aromatic rings. The molecule has 13 heavy (non-hydrogen) atoms. The number of nitrogens with zero attached hydrogens (tertiary/aromatic N) is 1. The largest absolute Gasteiger partial charge is 0.340 e. The number of carbonyl (C=O) groups excluding carboxylic acids is 1. The second-order valence-electron chi connectivity index (χ2n) is 2.48. The highest BCUT2D eigenvalue weighted by atomic mass is 16.1. The fraction of sp³-hybridized carbons (Fsp3) is 0.333. The van der Waals surface area contributed by atoms with Gasteiger partial charge >= 0.3 is 0 Å². The van der Waals surface area contributed by atoms with E-state index in [1.165, 1.54) is 6.20 Å². The molecule has 0 saturated carbocycles. The number of rotatable bonds is 3. The van der Waals surface area contributed by atoms with E-state index in [1.807, 2.05) is 6.92 Å². The summed E-state index contributed by atoms with van der Waals surface area (Å²) in [4.78, 5) is 18.1. The number of aryl methyl sites for hydroxylation is 1. The number of terminal acetylenes is 1. The summed E-state index contributed by atoms with van der Waals surface area (Å²) in [6.45, 7) is 2.20. The second-order valence-corrected chi connectivity index (χ2v) is 2.48. The third kappa shape index (κ3) is 2.34.